The monoisotopic (exact) mass is 510 g/mol. The molecule has 0 amide bonds. The van der Waals surface area contributed by atoms with Gasteiger partial charge in [-0.2, -0.15) is 15.2 Å². The summed E-state index contributed by atoms with van der Waals surface area (Å²) in [6.45, 7) is 6.95. The van der Waals surface area contributed by atoms with Crippen LogP contribution in [0, 0.1) is 6.92 Å². The summed E-state index contributed by atoms with van der Waals surface area (Å²) in [5.41, 5.74) is 2.90. The summed E-state index contributed by atoms with van der Waals surface area (Å²) < 4.78 is 32.1. The number of sulfone groups is 1. The molecule has 0 saturated carbocycles. The first-order valence-electron chi connectivity index (χ1n) is 11.2. The molecule has 11 nitrogen and oxygen atoms in total. The number of hydrogen-bond donors (Lipinski definition) is 2. The molecule has 12 heteroatoms. The first-order valence-corrected chi connectivity index (χ1v) is 12.7. The molecule has 190 valence electrons. The van der Waals surface area contributed by atoms with Crippen LogP contribution >= 0.6 is 0 Å². The zero-order chi connectivity index (χ0) is 26.3. The molecule has 0 fully saturated rings. The number of methoxy groups -OCH3 is 1. The molecular weight excluding hydrogens is 480 g/mol. The number of anilines is 4. The summed E-state index contributed by atoms with van der Waals surface area (Å²) in [5.74, 6) is 1.81. The van der Waals surface area contributed by atoms with Gasteiger partial charge in [-0.3, -0.25) is 9.78 Å². The van der Waals surface area contributed by atoms with Crippen LogP contribution in [0.1, 0.15) is 26.5 Å². The maximum absolute atomic E-state index is 12.8. The molecule has 4 aromatic rings. The van der Waals surface area contributed by atoms with E-state index < -0.39 is 14.6 Å². The van der Waals surface area contributed by atoms with Crippen LogP contribution in [0.25, 0.3) is 11.3 Å². The smallest absolute Gasteiger partial charge is 0.232 e. The van der Waals surface area contributed by atoms with Crippen LogP contribution in [0.15, 0.2) is 47.6 Å². The lowest BCUT2D eigenvalue weighted by atomic mass is 10.2. The number of rotatable bonds is 7. The SMILES string of the molecule is COc1c(Nc2cc(C)[nH]n2)nc(N(C)c2ccc(S(=O)(=O)C(C)(C)C)cc2)nc1-c1cnn(C)c1. The molecule has 0 aliphatic rings. The second kappa shape index (κ2) is 9.26. The van der Waals surface area contributed by atoms with E-state index in [-0.39, 0.29) is 4.90 Å². The molecule has 3 aromatic heterocycles. The van der Waals surface area contributed by atoms with Crippen LogP contribution in [0.3, 0.4) is 0 Å². The number of aromatic nitrogens is 6. The van der Waals surface area contributed by atoms with Gasteiger partial charge in [-0.1, -0.05) is 0 Å². The summed E-state index contributed by atoms with van der Waals surface area (Å²) >= 11 is 0. The van der Waals surface area contributed by atoms with Crippen LogP contribution in [-0.4, -0.2) is 57.3 Å². The quantitative estimate of drug-likeness (QED) is 0.379. The van der Waals surface area contributed by atoms with Gasteiger partial charge in [0, 0.05) is 43.3 Å². The Labute approximate surface area is 210 Å². The average molecular weight is 511 g/mol. The number of nitrogens with zero attached hydrogens (tertiary/aromatic N) is 6. The number of ether oxygens (including phenoxy) is 1. The summed E-state index contributed by atoms with van der Waals surface area (Å²) in [5, 5.41) is 14.6. The molecule has 3 heterocycles. The van der Waals surface area contributed by atoms with Crippen molar-refractivity contribution in [3.8, 4) is 17.0 Å². The van der Waals surface area contributed by atoms with E-state index in [1.54, 1.807) is 67.9 Å². The van der Waals surface area contributed by atoms with Crippen LogP contribution in [0.2, 0.25) is 0 Å². The van der Waals surface area contributed by atoms with Gasteiger partial charge in [-0.15, -0.1) is 0 Å². The normalized spacial score (nSPS) is 12.0. The first kappa shape index (κ1) is 25.2. The molecule has 0 aliphatic heterocycles. The predicted octanol–water partition coefficient (Wildman–Crippen LogP) is 4.00. The van der Waals surface area contributed by atoms with E-state index in [9.17, 15) is 8.42 Å². The molecule has 0 aliphatic carbocycles. The highest BCUT2D eigenvalue weighted by Crippen LogP contribution is 2.38. The largest absolute Gasteiger partial charge is 0.491 e. The summed E-state index contributed by atoms with van der Waals surface area (Å²) in [6, 6.07) is 8.52. The van der Waals surface area contributed by atoms with Gasteiger partial charge < -0.3 is 15.0 Å². The highest BCUT2D eigenvalue weighted by Gasteiger charge is 2.31. The van der Waals surface area contributed by atoms with Crippen molar-refractivity contribution in [2.45, 2.75) is 37.3 Å². The lowest BCUT2D eigenvalue weighted by Crippen LogP contribution is -2.27. The Bertz CT molecular complexity index is 1480. The molecule has 0 saturated heterocycles. The van der Waals surface area contributed by atoms with Gasteiger partial charge in [0.2, 0.25) is 5.95 Å². The fraction of sp³-hybridized carbons (Fsp3) is 0.333. The van der Waals surface area contributed by atoms with E-state index >= 15 is 0 Å². The van der Waals surface area contributed by atoms with Crippen molar-refractivity contribution in [2.75, 3.05) is 24.4 Å². The van der Waals surface area contributed by atoms with E-state index in [4.69, 9.17) is 14.7 Å². The van der Waals surface area contributed by atoms with Gasteiger partial charge in [-0.05, 0) is 52.0 Å². The van der Waals surface area contributed by atoms with Crippen LogP contribution < -0.4 is 15.0 Å². The first-order chi connectivity index (χ1) is 16.9. The van der Waals surface area contributed by atoms with Crippen molar-refractivity contribution < 1.29 is 13.2 Å². The van der Waals surface area contributed by atoms with Crippen molar-refractivity contribution >= 4 is 33.1 Å². The zero-order valence-corrected chi connectivity index (χ0v) is 22.2. The van der Waals surface area contributed by atoms with E-state index in [1.165, 1.54) is 0 Å². The Morgan fingerprint density at radius 1 is 1.14 bits per heavy atom. The van der Waals surface area contributed by atoms with Gasteiger partial charge in [0.05, 0.1) is 22.9 Å². The molecule has 2 N–H and O–H groups in total. The summed E-state index contributed by atoms with van der Waals surface area (Å²) in [6.07, 6.45) is 3.53. The van der Waals surface area contributed by atoms with Gasteiger partial charge in [0.25, 0.3) is 0 Å². The molecule has 0 unspecified atom stereocenters. The topological polar surface area (TPSA) is 131 Å². The zero-order valence-electron chi connectivity index (χ0n) is 21.4. The van der Waals surface area contributed by atoms with Crippen molar-refractivity contribution in [3.05, 3.63) is 48.4 Å². The highest BCUT2D eigenvalue weighted by atomic mass is 32.2. The number of benzene rings is 1. The molecule has 0 atom stereocenters. The van der Waals surface area contributed by atoms with Gasteiger partial charge >= 0.3 is 0 Å². The van der Waals surface area contributed by atoms with E-state index in [2.05, 4.69) is 20.6 Å². The molecule has 4 rings (SSSR count). The number of aryl methyl sites for hydroxylation is 2. The Morgan fingerprint density at radius 2 is 1.83 bits per heavy atom. The van der Waals surface area contributed by atoms with Crippen molar-refractivity contribution in [1.29, 1.82) is 0 Å². The van der Waals surface area contributed by atoms with Crippen molar-refractivity contribution in [2.24, 2.45) is 7.05 Å². The maximum Gasteiger partial charge on any atom is 0.232 e. The second-order valence-corrected chi connectivity index (χ2v) is 12.1. The number of aromatic amines is 1. The number of H-pyrrole nitrogens is 1. The average Bonchev–Trinajstić information content (AvgIpc) is 3.45. The van der Waals surface area contributed by atoms with Crippen LogP contribution in [-0.2, 0) is 16.9 Å². The fourth-order valence-corrected chi connectivity index (χ4v) is 4.73. The number of nitrogens with one attached hydrogen (secondary N) is 2. The summed E-state index contributed by atoms with van der Waals surface area (Å²) in [4.78, 5) is 11.5. The Kier molecular flexibility index (Phi) is 6.48. The molecule has 0 radical (unpaired) electrons. The standard InChI is InChI=1S/C24H30N8O3S/c1-15-12-19(30-29-15)26-22-21(35-7)20(16-13-25-31(5)14-16)27-23(28-22)32(6)17-8-10-18(11-9-17)36(33,34)24(2,3)4/h8-14H,1-7H3,(H2,26,27,28,29,30). The highest BCUT2D eigenvalue weighted by molar-refractivity contribution is 7.92. The predicted molar refractivity (Wildman–Crippen MR) is 139 cm³/mol. The third-order valence-corrected chi connectivity index (χ3v) is 8.13. The lowest BCUT2D eigenvalue weighted by molar-refractivity contribution is 0.415. The second-order valence-electron chi connectivity index (χ2n) is 9.39. The number of hydrogen-bond acceptors (Lipinski definition) is 9. The third kappa shape index (κ3) is 4.76. The van der Waals surface area contributed by atoms with E-state index in [1.807, 2.05) is 33.3 Å². The molecular formula is C24H30N8O3S. The fourth-order valence-electron chi connectivity index (χ4n) is 3.53. The minimum absolute atomic E-state index is 0.259. The van der Waals surface area contributed by atoms with E-state index in [0.29, 0.717) is 34.7 Å². The van der Waals surface area contributed by atoms with Gasteiger partial charge in [0.1, 0.15) is 5.69 Å². The van der Waals surface area contributed by atoms with E-state index in [0.717, 1.165) is 11.3 Å². The Morgan fingerprint density at radius 3 is 2.36 bits per heavy atom. The van der Waals surface area contributed by atoms with Gasteiger partial charge in [0.15, 0.2) is 27.2 Å². The minimum Gasteiger partial charge on any atom is -0.491 e. The third-order valence-electron chi connectivity index (χ3n) is 5.63. The van der Waals surface area contributed by atoms with Crippen molar-refractivity contribution in [1.82, 2.24) is 29.9 Å². The Balaban J connectivity index is 1.79. The van der Waals surface area contributed by atoms with Gasteiger partial charge in [-0.25, -0.2) is 13.4 Å². The minimum atomic E-state index is -3.47. The van der Waals surface area contributed by atoms with Crippen LogP contribution in [0.5, 0.6) is 5.75 Å². The van der Waals surface area contributed by atoms with Crippen LogP contribution in [0.4, 0.5) is 23.3 Å². The molecule has 0 spiro atoms. The molecule has 0 bridgehead atoms. The maximum atomic E-state index is 12.8. The molecule has 36 heavy (non-hydrogen) atoms. The molecule has 1 aromatic carbocycles. The Hall–Kier alpha value is -3.93. The lowest BCUT2D eigenvalue weighted by Gasteiger charge is -2.22. The van der Waals surface area contributed by atoms with Crippen molar-refractivity contribution in [3.63, 3.8) is 0 Å². The summed E-state index contributed by atoms with van der Waals surface area (Å²) in [7, 11) is 1.72.